The van der Waals surface area contributed by atoms with Crippen molar-refractivity contribution in [1.29, 1.82) is 0 Å². The minimum atomic E-state index is -3.88. The Hall–Kier alpha value is -5.03. The van der Waals surface area contributed by atoms with Crippen molar-refractivity contribution in [3.05, 3.63) is 96.3 Å². The van der Waals surface area contributed by atoms with Gasteiger partial charge in [-0.15, -0.1) is 0 Å². The molecule has 3 heterocycles. The Balaban J connectivity index is 1.62. The molecule has 3 aromatic heterocycles. The lowest BCUT2D eigenvalue weighted by atomic mass is 10.0. The van der Waals surface area contributed by atoms with Crippen LogP contribution in [0.15, 0.2) is 89.3 Å². The lowest BCUT2D eigenvalue weighted by Crippen LogP contribution is -2.31. The summed E-state index contributed by atoms with van der Waals surface area (Å²) in [4.78, 5) is 21.5. The van der Waals surface area contributed by atoms with Gasteiger partial charge in [0.2, 0.25) is 10.0 Å². The van der Waals surface area contributed by atoms with Crippen molar-refractivity contribution in [3.8, 4) is 34.0 Å². The number of halogens is 2. The lowest BCUT2D eigenvalue weighted by Gasteiger charge is -2.24. The fraction of sp³-hybridized carbons (Fsp3) is 0.152. The van der Waals surface area contributed by atoms with E-state index in [4.69, 9.17) is 9.40 Å². The number of nitrogens with one attached hydrogen (secondary N) is 2. The molecule has 0 spiro atoms. The van der Waals surface area contributed by atoms with Crippen molar-refractivity contribution in [2.45, 2.75) is 6.42 Å². The van der Waals surface area contributed by atoms with Crippen molar-refractivity contribution < 1.29 is 26.4 Å². The number of alkyl halides is 1. The summed E-state index contributed by atoms with van der Waals surface area (Å²) in [7, 11) is -2.40. The number of nitrogens with zero attached hydrogens (tertiary/aromatic N) is 2. The number of amides is 1. The SMILES string of the molecule is CNC(=O)c1c(-c2ccc(F)cc2)oc2cc(N(CCCF)S(C)(=O)=O)c(-c3cccc(-c4cc5ccccc5[nH]4)n3)cc12. The summed E-state index contributed by atoms with van der Waals surface area (Å²) in [6, 6.07) is 23.9. The maximum Gasteiger partial charge on any atom is 0.255 e. The molecule has 224 valence electrons. The van der Waals surface area contributed by atoms with Crippen molar-refractivity contribution in [2.75, 3.05) is 30.8 Å². The van der Waals surface area contributed by atoms with Crippen LogP contribution in [0, 0.1) is 5.82 Å². The van der Waals surface area contributed by atoms with Crippen LogP contribution < -0.4 is 9.62 Å². The molecule has 0 bridgehead atoms. The summed E-state index contributed by atoms with van der Waals surface area (Å²) in [6.07, 6.45) is 1.02. The number of H-pyrrole nitrogens is 1. The van der Waals surface area contributed by atoms with Crippen LogP contribution in [-0.4, -0.2) is 50.8 Å². The van der Waals surface area contributed by atoms with Crippen molar-refractivity contribution in [3.63, 3.8) is 0 Å². The van der Waals surface area contributed by atoms with E-state index in [1.165, 1.54) is 37.4 Å². The number of para-hydroxylation sites is 1. The summed E-state index contributed by atoms with van der Waals surface area (Å²) in [6.45, 7) is -0.836. The van der Waals surface area contributed by atoms with Crippen LogP contribution in [0.5, 0.6) is 0 Å². The van der Waals surface area contributed by atoms with Crippen molar-refractivity contribution in [2.24, 2.45) is 0 Å². The monoisotopic (exact) mass is 614 g/mol. The molecule has 3 aromatic carbocycles. The summed E-state index contributed by atoms with van der Waals surface area (Å²) < 4.78 is 60.5. The van der Waals surface area contributed by atoms with Gasteiger partial charge in [0, 0.05) is 47.1 Å². The van der Waals surface area contributed by atoms with E-state index in [-0.39, 0.29) is 35.6 Å². The van der Waals surface area contributed by atoms with Crippen LogP contribution in [0.4, 0.5) is 14.5 Å². The van der Waals surface area contributed by atoms with Gasteiger partial charge < -0.3 is 14.7 Å². The third kappa shape index (κ3) is 5.42. The predicted octanol–water partition coefficient (Wildman–Crippen LogP) is 6.93. The highest BCUT2D eigenvalue weighted by Gasteiger charge is 2.28. The Kier molecular flexibility index (Phi) is 7.64. The first kappa shape index (κ1) is 29.1. The zero-order chi connectivity index (χ0) is 31.0. The zero-order valence-corrected chi connectivity index (χ0v) is 24.7. The Morgan fingerprint density at radius 1 is 1.00 bits per heavy atom. The number of anilines is 1. The van der Waals surface area contributed by atoms with E-state index in [1.54, 1.807) is 12.1 Å². The second kappa shape index (κ2) is 11.6. The third-order valence-corrected chi connectivity index (χ3v) is 8.54. The lowest BCUT2D eigenvalue weighted by molar-refractivity contribution is 0.0964. The average Bonchev–Trinajstić information content (AvgIpc) is 3.62. The first-order valence-electron chi connectivity index (χ1n) is 13.9. The maximum absolute atomic E-state index is 13.7. The van der Waals surface area contributed by atoms with Crippen LogP contribution in [0.1, 0.15) is 16.8 Å². The molecule has 0 aliphatic carbocycles. The van der Waals surface area contributed by atoms with E-state index in [9.17, 15) is 22.0 Å². The van der Waals surface area contributed by atoms with E-state index < -0.39 is 28.4 Å². The number of hydrogen-bond donors (Lipinski definition) is 2. The number of benzene rings is 3. The molecule has 0 saturated carbocycles. The highest BCUT2D eigenvalue weighted by atomic mass is 32.2. The highest BCUT2D eigenvalue weighted by molar-refractivity contribution is 7.92. The largest absolute Gasteiger partial charge is 0.455 e. The number of carbonyl (C=O) groups excluding carboxylic acids is 1. The summed E-state index contributed by atoms with van der Waals surface area (Å²) in [5.41, 5.74) is 4.25. The smallest absolute Gasteiger partial charge is 0.255 e. The van der Waals surface area contributed by atoms with Gasteiger partial charge in [-0.25, -0.2) is 17.8 Å². The minimum Gasteiger partial charge on any atom is -0.455 e. The molecule has 0 radical (unpaired) electrons. The van der Waals surface area contributed by atoms with Gasteiger partial charge in [-0.1, -0.05) is 24.3 Å². The Morgan fingerprint density at radius 3 is 2.45 bits per heavy atom. The van der Waals surface area contributed by atoms with Gasteiger partial charge in [0.25, 0.3) is 5.91 Å². The molecule has 1 amide bonds. The first-order chi connectivity index (χ1) is 21.2. The number of aromatic nitrogens is 2. The number of hydrogen-bond acceptors (Lipinski definition) is 5. The molecule has 6 aromatic rings. The predicted molar refractivity (Wildman–Crippen MR) is 168 cm³/mol. The molecule has 0 fully saturated rings. The van der Waals surface area contributed by atoms with E-state index in [0.29, 0.717) is 27.9 Å². The normalized spacial score (nSPS) is 11.7. The molecule has 8 nitrogen and oxygen atoms in total. The van der Waals surface area contributed by atoms with Crippen LogP contribution in [0.25, 0.3) is 55.8 Å². The third-order valence-electron chi connectivity index (χ3n) is 7.36. The van der Waals surface area contributed by atoms with Crippen molar-refractivity contribution >= 4 is 43.5 Å². The molecule has 0 saturated heterocycles. The molecule has 0 unspecified atom stereocenters. The number of fused-ring (bicyclic) bond motifs is 2. The second-order valence-electron chi connectivity index (χ2n) is 10.3. The Labute approximate surface area is 252 Å². The number of pyridine rings is 1. The minimum absolute atomic E-state index is 0.0322. The Bertz CT molecular complexity index is 2090. The van der Waals surface area contributed by atoms with Gasteiger partial charge in [0.1, 0.15) is 17.2 Å². The van der Waals surface area contributed by atoms with Gasteiger partial charge in [0.05, 0.1) is 41.3 Å². The van der Waals surface area contributed by atoms with E-state index in [0.717, 1.165) is 27.2 Å². The summed E-state index contributed by atoms with van der Waals surface area (Å²) in [5, 5.41) is 4.04. The molecule has 6 rings (SSSR count). The molecular weight excluding hydrogens is 586 g/mol. The number of furan rings is 1. The molecular formula is C33H28F2N4O4S. The van der Waals surface area contributed by atoms with Crippen molar-refractivity contribution in [1.82, 2.24) is 15.3 Å². The molecule has 2 N–H and O–H groups in total. The summed E-state index contributed by atoms with van der Waals surface area (Å²) >= 11 is 0. The number of carbonyl (C=O) groups is 1. The van der Waals surface area contributed by atoms with Crippen LogP contribution in [0.3, 0.4) is 0 Å². The topological polar surface area (TPSA) is 108 Å². The fourth-order valence-electron chi connectivity index (χ4n) is 5.31. The van der Waals surface area contributed by atoms with Gasteiger partial charge in [-0.3, -0.25) is 13.5 Å². The van der Waals surface area contributed by atoms with Gasteiger partial charge >= 0.3 is 0 Å². The maximum atomic E-state index is 13.7. The first-order valence-corrected chi connectivity index (χ1v) is 15.7. The van der Waals surface area contributed by atoms with Gasteiger partial charge in [-0.05, 0) is 61.0 Å². The molecule has 0 atom stereocenters. The zero-order valence-electron chi connectivity index (χ0n) is 23.9. The Morgan fingerprint density at radius 2 is 1.75 bits per heavy atom. The molecule has 11 heteroatoms. The fourth-order valence-corrected chi connectivity index (χ4v) is 6.28. The van der Waals surface area contributed by atoms with Crippen LogP contribution in [0.2, 0.25) is 0 Å². The van der Waals surface area contributed by atoms with E-state index in [2.05, 4.69) is 10.3 Å². The number of sulfonamides is 1. The van der Waals surface area contributed by atoms with Crippen LogP contribution in [-0.2, 0) is 10.0 Å². The van der Waals surface area contributed by atoms with Gasteiger partial charge in [-0.2, -0.15) is 0 Å². The van der Waals surface area contributed by atoms with Crippen LogP contribution >= 0.6 is 0 Å². The quantitative estimate of drug-likeness (QED) is 0.184. The highest BCUT2D eigenvalue weighted by Crippen LogP contribution is 2.41. The number of aromatic amines is 1. The standard InChI is InChI=1S/C33H28F2N4O4S/c1-36-33(40)31-24-18-23(26-9-5-10-27(38-26)28-17-21-7-3-4-8-25(21)37-28)29(39(16-6-15-34)44(2,41)42)19-30(24)43-32(31)20-11-13-22(35)14-12-20/h3-5,7-14,17-19,37H,6,15-16H2,1-2H3,(H,36,40). The second-order valence-corrected chi connectivity index (χ2v) is 12.2. The molecule has 44 heavy (non-hydrogen) atoms. The average molecular weight is 615 g/mol. The van der Waals surface area contributed by atoms with Gasteiger partial charge in [0.15, 0.2) is 0 Å². The molecule has 0 aliphatic heterocycles. The van der Waals surface area contributed by atoms with E-state index in [1.807, 2.05) is 42.5 Å². The van der Waals surface area contributed by atoms with E-state index >= 15 is 0 Å². The molecule has 0 aliphatic rings. The summed E-state index contributed by atoms with van der Waals surface area (Å²) in [5.74, 6) is -0.704. The number of rotatable bonds is 9.